The molecule has 0 bridgehead atoms. The second-order valence-corrected chi connectivity index (χ2v) is 4.68. The van der Waals surface area contributed by atoms with Gasteiger partial charge in [-0.25, -0.2) is 0 Å². The van der Waals surface area contributed by atoms with E-state index in [0.29, 0.717) is 37.1 Å². The van der Waals surface area contributed by atoms with Crippen LogP contribution in [0.15, 0.2) is 23.4 Å². The van der Waals surface area contributed by atoms with Crippen molar-refractivity contribution >= 4 is 11.6 Å². The maximum atomic E-state index is 12.2. The van der Waals surface area contributed by atoms with Crippen LogP contribution in [0.5, 0.6) is 0 Å². The van der Waals surface area contributed by atoms with Gasteiger partial charge in [0.05, 0.1) is 17.9 Å². The molecule has 1 aliphatic carbocycles. The topological polar surface area (TPSA) is 55.4 Å². The molecule has 0 spiro atoms. The standard InChI is InChI=1S/C15H23NO3/c1-4-7-11-9-13(17)15(14(18)10-11)12(8-5-2)16-19-6-3/h4,7,11,16H,5-6,8-10H2,1-3H3. The predicted octanol–water partition coefficient (Wildman–Crippen LogP) is 2.71. The van der Waals surface area contributed by atoms with Crippen molar-refractivity contribution in [2.24, 2.45) is 5.92 Å². The summed E-state index contributed by atoms with van der Waals surface area (Å²) in [6, 6.07) is 0. The largest absolute Gasteiger partial charge is 0.294 e. The summed E-state index contributed by atoms with van der Waals surface area (Å²) >= 11 is 0. The van der Waals surface area contributed by atoms with Crippen LogP contribution in [0.1, 0.15) is 46.5 Å². The molecule has 0 amide bonds. The third-order valence-electron chi connectivity index (χ3n) is 3.06. The second-order valence-electron chi connectivity index (χ2n) is 4.68. The van der Waals surface area contributed by atoms with Gasteiger partial charge in [0.15, 0.2) is 11.6 Å². The Balaban J connectivity index is 2.94. The van der Waals surface area contributed by atoms with Gasteiger partial charge in [0, 0.05) is 12.8 Å². The van der Waals surface area contributed by atoms with Gasteiger partial charge in [-0.3, -0.25) is 19.9 Å². The van der Waals surface area contributed by atoms with Crippen molar-refractivity contribution in [1.82, 2.24) is 5.48 Å². The monoisotopic (exact) mass is 265 g/mol. The normalized spacial score (nSPS) is 20.2. The van der Waals surface area contributed by atoms with E-state index in [4.69, 9.17) is 4.84 Å². The quantitative estimate of drug-likeness (QED) is 0.347. The fraction of sp³-hybridized carbons (Fsp3) is 0.600. The molecule has 4 nitrogen and oxygen atoms in total. The fourth-order valence-electron chi connectivity index (χ4n) is 2.29. The van der Waals surface area contributed by atoms with E-state index in [1.807, 2.05) is 32.9 Å². The molecule has 0 atom stereocenters. The van der Waals surface area contributed by atoms with Crippen molar-refractivity contribution < 1.29 is 14.4 Å². The zero-order chi connectivity index (χ0) is 14.3. The smallest absolute Gasteiger partial charge is 0.168 e. The highest BCUT2D eigenvalue weighted by Gasteiger charge is 2.31. The van der Waals surface area contributed by atoms with Crippen LogP contribution in [0.2, 0.25) is 0 Å². The van der Waals surface area contributed by atoms with Gasteiger partial charge in [-0.2, -0.15) is 0 Å². The molecule has 0 aromatic heterocycles. The van der Waals surface area contributed by atoms with Gasteiger partial charge < -0.3 is 0 Å². The summed E-state index contributed by atoms with van der Waals surface area (Å²) in [6.07, 6.45) is 6.16. The molecule has 1 saturated carbocycles. The van der Waals surface area contributed by atoms with Crippen LogP contribution in [-0.4, -0.2) is 18.2 Å². The Labute approximate surface area is 114 Å². The first-order chi connectivity index (χ1) is 9.13. The summed E-state index contributed by atoms with van der Waals surface area (Å²) in [6.45, 7) is 6.26. The number of rotatable bonds is 6. The minimum absolute atomic E-state index is 0.0451. The molecule has 1 aliphatic rings. The first-order valence-corrected chi connectivity index (χ1v) is 6.94. The molecule has 1 fully saturated rings. The molecular formula is C15H23NO3. The third-order valence-corrected chi connectivity index (χ3v) is 3.06. The number of hydrogen-bond acceptors (Lipinski definition) is 4. The predicted molar refractivity (Wildman–Crippen MR) is 74.2 cm³/mol. The summed E-state index contributed by atoms with van der Waals surface area (Å²) in [4.78, 5) is 29.5. The lowest BCUT2D eigenvalue weighted by molar-refractivity contribution is -0.125. The van der Waals surface area contributed by atoms with Crippen LogP contribution in [0, 0.1) is 5.92 Å². The molecule has 0 heterocycles. The number of ketones is 2. The van der Waals surface area contributed by atoms with Gasteiger partial charge in [0.25, 0.3) is 0 Å². The highest BCUT2D eigenvalue weighted by Crippen LogP contribution is 2.26. The number of carbonyl (C=O) groups excluding carboxylic acids is 2. The highest BCUT2D eigenvalue weighted by molar-refractivity contribution is 6.22. The summed E-state index contributed by atoms with van der Waals surface area (Å²) in [5, 5.41) is 0. The number of Topliss-reactive ketones (excluding diaryl/α,β-unsaturated/α-hetero) is 2. The highest BCUT2D eigenvalue weighted by atomic mass is 16.6. The molecule has 0 aromatic rings. The molecule has 106 valence electrons. The maximum absolute atomic E-state index is 12.2. The lowest BCUT2D eigenvalue weighted by atomic mass is 9.82. The Bertz CT molecular complexity index is 376. The Morgan fingerprint density at radius 1 is 1.32 bits per heavy atom. The van der Waals surface area contributed by atoms with Crippen LogP contribution in [0.25, 0.3) is 0 Å². The molecule has 0 unspecified atom stereocenters. The second kappa shape index (κ2) is 7.89. The molecule has 4 heteroatoms. The molecule has 1 N–H and O–H groups in total. The van der Waals surface area contributed by atoms with E-state index in [-0.39, 0.29) is 17.5 Å². The Kier molecular flexibility index (Phi) is 6.50. The van der Waals surface area contributed by atoms with Gasteiger partial charge in [-0.1, -0.05) is 25.5 Å². The number of hydroxylamine groups is 1. The van der Waals surface area contributed by atoms with Gasteiger partial charge in [-0.05, 0) is 26.2 Å². The van der Waals surface area contributed by atoms with E-state index >= 15 is 0 Å². The minimum atomic E-state index is -0.0741. The van der Waals surface area contributed by atoms with Gasteiger partial charge in [0.1, 0.15) is 0 Å². The molecule has 19 heavy (non-hydrogen) atoms. The van der Waals surface area contributed by atoms with Crippen LogP contribution in [0.3, 0.4) is 0 Å². The zero-order valence-electron chi connectivity index (χ0n) is 12.0. The van der Waals surface area contributed by atoms with Crippen molar-refractivity contribution in [3.8, 4) is 0 Å². The average molecular weight is 265 g/mol. The third kappa shape index (κ3) is 4.31. The first-order valence-electron chi connectivity index (χ1n) is 6.94. The zero-order valence-corrected chi connectivity index (χ0v) is 12.0. The number of hydrogen-bond donors (Lipinski definition) is 1. The average Bonchev–Trinajstić information content (AvgIpc) is 2.35. The van der Waals surface area contributed by atoms with Crippen LogP contribution in [-0.2, 0) is 14.4 Å². The van der Waals surface area contributed by atoms with Crippen LogP contribution >= 0.6 is 0 Å². The van der Waals surface area contributed by atoms with Gasteiger partial charge >= 0.3 is 0 Å². The molecule has 0 radical (unpaired) electrons. The van der Waals surface area contributed by atoms with E-state index in [9.17, 15) is 9.59 Å². The van der Waals surface area contributed by atoms with E-state index in [1.54, 1.807) is 0 Å². The maximum Gasteiger partial charge on any atom is 0.168 e. The summed E-state index contributed by atoms with van der Waals surface area (Å²) in [5.74, 6) is -0.103. The fourth-order valence-corrected chi connectivity index (χ4v) is 2.29. The Morgan fingerprint density at radius 2 is 1.95 bits per heavy atom. The molecule has 0 aliphatic heterocycles. The number of allylic oxidation sites excluding steroid dienone is 4. The Hall–Kier alpha value is -1.42. The minimum Gasteiger partial charge on any atom is -0.294 e. The van der Waals surface area contributed by atoms with E-state index < -0.39 is 0 Å². The van der Waals surface area contributed by atoms with Crippen LogP contribution in [0.4, 0.5) is 0 Å². The molecular weight excluding hydrogens is 242 g/mol. The summed E-state index contributed by atoms with van der Waals surface area (Å²) in [5.41, 5.74) is 3.72. The number of nitrogens with one attached hydrogen (secondary N) is 1. The summed E-state index contributed by atoms with van der Waals surface area (Å²) < 4.78 is 0. The van der Waals surface area contributed by atoms with Crippen molar-refractivity contribution in [3.05, 3.63) is 23.4 Å². The van der Waals surface area contributed by atoms with E-state index in [2.05, 4.69) is 5.48 Å². The molecule has 1 rings (SSSR count). The van der Waals surface area contributed by atoms with Crippen LogP contribution < -0.4 is 5.48 Å². The van der Waals surface area contributed by atoms with Crippen molar-refractivity contribution in [3.63, 3.8) is 0 Å². The van der Waals surface area contributed by atoms with Crippen molar-refractivity contribution in [1.29, 1.82) is 0 Å². The van der Waals surface area contributed by atoms with Gasteiger partial charge in [0.2, 0.25) is 0 Å². The summed E-state index contributed by atoms with van der Waals surface area (Å²) in [7, 11) is 0. The van der Waals surface area contributed by atoms with E-state index in [0.717, 1.165) is 6.42 Å². The van der Waals surface area contributed by atoms with Crippen molar-refractivity contribution in [2.75, 3.05) is 6.61 Å². The first kappa shape index (κ1) is 15.6. The van der Waals surface area contributed by atoms with E-state index in [1.165, 1.54) is 0 Å². The Morgan fingerprint density at radius 3 is 2.42 bits per heavy atom. The molecule has 0 saturated heterocycles. The SMILES string of the molecule is CC=CC1CC(=O)C(=C(CCC)NOCC)C(=O)C1. The van der Waals surface area contributed by atoms with Crippen molar-refractivity contribution in [2.45, 2.75) is 46.5 Å². The lowest BCUT2D eigenvalue weighted by Gasteiger charge is -2.22. The molecule has 0 aromatic carbocycles. The van der Waals surface area contributed by atoms with Gasteiger partial charge in [-0.15, -0.1) is 0 Å². The number of carbonyl (C=O) groups is 2. The lowest BCUT2D eigenvalue weighted by Crippen LogP contribution is -2.30.